The number of methoxy groups -OCH3 is 1. The molecule has 1 aromatic carbocycles. The summed E-state index contributed by atoms with van der Waals surface area (Å²) in [5.74, 6) is -0.834. The minimum absolute atomic E-state index is 0.0602. The number of carbonyl (C=O) groups is 2. The number of aromatic amines is 1. The van der Waals surface area contributed by atoms with Crippen molar-refractivity contribution in [3.05, 3.63) is 64.1 Å². The van der Waals surface area contributed by atoms with E-state index in [1.807, 2.05) is 0 Å². The van der Waals surface area contributed by atoms with Gasteiger partial charge in [-0.3, -0.25) is 14.6 Å². The van der Waals surface area contributed by atoms with E-state index in [1.54, 1.807) is 31.2 Å². The van der Waals surface area contributed by atoms with Crippen molar-refractivity contribution in [2.24, 2.45) is 0 Å². The lowest BCUT2D eigenvalue weighted by Gasteiger charge is -2.07. The number of ether oxygens (including phenoxy) is 1. The molecule has 0 radical (unpaired) electrons. The maximum Gasteiger partial charge on any atom is 0.310 e. The van der Waals surface area contributed by atoms with Gasteiger partial charge < -0.3 is 14.8 Å². The summed E-state index contributed by atoms with van der Waals surface area (Å²) in [5, 5.41) is 11.0. The molecule has 0 aliphatic rings. The number of nitrogens with one attached hydrogen (secondary N) is 1. The molecule has 0 spiro atoms. The van der Waals surface area contributed by atoms with Gasteiger partial charge in [-0.2, -0.15) is 0 Å². The van der Waals surface area contributed by atoms with Crippen molar-refractivity contribution in [2.45, 2.75) is 19.4 Å². The number of carbonyl (C=O) groups excluding carboxylic acids is 2. The van der Waals surface area contributed by atoms with E-state index in [0.29, 0.717) is 21.7 Å². The number of aliphatic hydroxyl groups is 1. The summed E-state index contributed by atoms with van der Waals surface area (Å²) in [6, 6.07) is 8.31. The molecule has 2 heterocycles. The predicted molar refractivity (Wildman–Crippen MR) is 97.3 cm³/mol. The normalized spacial score (nSPS) is 12.2. The fourth-order valence-electron chi connectivity index (χ4n) is 2.78. The Bertz CT molecular complexity index is 994. The number of H-pyrrole nitrogens is 1. The number of nitrogens with zero attached hydrogens (tertiary/aromatic N) is 1. The van der Waals surface area contributed by atoms with Crippen LogP contribution in [0.15, 0.2) is 36.5 Å². The number of aromatic nitrogens is 2. The number of pyridine rings is 1. The standard InChI is InChI=1S/C19H17ClN2O4/c1-10(23)11-5-6-21-16(7-11)19(25)18-14(9-17(24)26-2)13-4-3-12(20)8-15(13)22-18/h3-8,10,22-23H,9H2,1-2H3. The monoisotopic (exact) mass is 372 g/mol. The Hall–Kier alpha value is -2.70. The predicted octanol–water partition coefficient (Wildman–Crippen LogP) is 3.22. The highest BCUT2D eigenvalue weighted by Crippen LogP contribution is 2.28. The molecule has 3 rings (SSSR count). The zero-order valence-electron chi connectivity index (χ0n) is 14.2. The minimum atomic E-state index is -0.722. The first kappa shape index (κ1) is 18.1. The van der Waals surface area contributed by atoms with Crippen molar-refractivity contribution in [1.82, 2.24) is 9.97 Å². The SMILES string of the molecule is COC(=O)Cc1c(C(=O)c2cc(C(C)O)ccn2)[nH]c2cc(Cl)ccc12. The number of hydrogen-bond donors (Lipinski definition) is 2. The number of halogens is 1. The van der Waals surface area contributed by atoms with Crippen molar-refractivity contribution < 1.29 is 19.4 Å². The first-order valence-corrected chi connectivity index (χ1v) is 8.34. The third-order valence-corrected chi connectivity index (χ3v) is 4.38. The van der Waals surface area contributed by atoms with Crippen LogP contribution >= 0.6 is 11.6 Å². The van der Waals surface area contributed by atoms with Gasteiger partial charge in [-0.1, -0.05) is 17.7 Å². The molecule has 0 aliphatic heterocycles. The number of esters is 1. The molecule has 0 aliphatic carbocycles. The van der Waals surface area contributed by atoms with E-state index in [2.05, 4.69) is 9.97 Å². The number of ketones is 1. The number of rotatable bonds is 5. The molecule has 0 fully saturated rings. The number of fused-ring (bicyclic) bond motifs is 1. The van der Waals surface area contributed by atoms with Crippen molar-refractivity contribution in [3.63, 3.8) is 0 Å². The van der Waals surface area contributed by atoms with Gasteiger partial charge in [-0.05, 0) is 36.8 Å². The Morgan fingerprint density at radius 3 is 2.77 bits per heavy atom. The highest BCUT2D eigenvalue weighted by atomic mass is 35.5. The van der Waals surface area contributed by atoms with Crippen LogP contribution in [-0.2, 0) is 16.0 Å². The molecule has 7 heteroatoms. The second-order valence-electron chi connectivity index (χ2n) is 5.90. The largest absolute Gasteiger partial charge is 0.469 e. The van der Waals surface area contributed by atoms with E-state index in [4.69, 9.17) is 16.3 Å². The second kappa shape index (κ2) is 7.27. The van der Waals surface area contributed by atoms with E-state index in [1.165, 1.54) is 19.4 Å². The smallest absolute Gasteiger partial charge is 0.310 e. The van der Waals surface area contributed by atoms with E-state index < -0.39 is 12.1 Å². The van der Waals surface area contributed by atoms with Crippen molar-refractivity contribution in [3.8, 4) is 0 Å². The fourth-order valence-corrected chi connectivity index (χ4v) is 2.95. The van der Waals surface area contributed by atoms with Crippen LogP contribution in [0.1, 0.15) is 40.3 Å². The summed E-state index contributed by atoms with van der Waals surface area (Å²) < 4.78 is 4.75. The van der Waals surface area contributed by atoms with Gasteiger partial charge >= 0.3 is 5.97 Å². The molecular weight excluding hydrogens is 356 g/mol. The topological polar surface area (TPSA) is 92.3 Å². The van der Waals surface area contributed by atoms with E-state index in [-0.39, 0.29) is 23.6 Å². The third kappa shape index (κ3) is 3.47. The van der Waals surface area contributed by atoms with Crippen molar-refractivity contribution in [1.29, 1.82) is 0 Å². The Labute approximate surface area is 154 Å². The molecule has 6 nitrogen and oxygen atoms in total. The maximum atomic E-state index is 13.0. The molecule has 0 bridgehead atoms. The molecule has 0 amide bonds. The van der Waals surface area contributed by atoms with Crippen LogP contribution in [0, 0.1) is 0 Å². The van der Waals surface area contributed by atoms with Crippen LogP contribution in [0.2, 0.25) is 5.02 Å². The highest BCUT2D eigenvalue weighted by Gasteiger charge is 2.23. The average molecular weight is 373 g/mol. The molecular formula is C19H17ClN2O4. The first-order chi connectivity index (χ1) is 12.4. The zero-order valence-corrected chi connectivity index (χ0v) is 15.0. The molecule has 3 aromatic rings. The van der Waals surface area contributed by atoms with Crippen LogP contribution in [0.5, 0.6) is 0 Å². The quantitative estimate of drug-likeness (QED) is 0.530. The third-order valence-electron chi connectivity index (χ3n) is 4.14. The van der Waals surface area contributed by atoms with Gasteiger partial charge in [0.2, 0.25) is 5.78 Å². The van der Waals surface area contributed by atoms with Gasteiger partial charge in [0.05, 0.1) is 25.3 Å². The zero-order chi connectivity index (χ0) is 18.8. The lowest BCUT2D eigenvalue weighted by molar-refractivity contribution is -0.139. The van der Waals surface area contributed by atoms with Crippen LogP contribution in [0.3, 0.4) is 0 Å². The summed E-state index contributed by atoms with van der Waals surface area (Å²) >= 11 is 6.03. The summed E-state index contributed by atoms with van der Waals surface area (Å²) in [6.45, 7) is 1.61. The average Bonchev–Trinajstić information content (AvgIpc) is 2.98. The fraction of sp³-hybridized carbons (Fsp3) is 0.211. The number of aliphatic hydroxyl groups excluding tert-OH is 1. The highest BCUT2D eigenvalue weighted by molar-refractivity contribution is 6.31. The maximum absolute atomic E-state index is 13.0. The minimum Gasteiger partial charge on any atom is -0.469 e. The van der Waals surface area contributed by atoms with Gasteiger partial charge in [0.1, 0.15) is 5.69 Å². The molecule has 2 aromatic heterocycles. The van der Waals surface area contributed by atoms with Crippen LogP contribution in [0.25, 0.3) is 10.9 Å². The molecule has 26 heavy (non-hydrogen) atoms. The second-order valence-corrected chi connectivity index (χ2v) is 6.34. The lowest BCUT2D eigenvalue weighted by atomic mass is 10.0. The Morgan fingerprint density at radius 2 is 2.08 bits per heavy atom. The van der Waals surface area contributed by atoms with Crippen LogP contribution in [-0.4, -0.2) is 33.9 Å². The Morgan fingerprint density at radius 1 is 1.31 bits per heavy atom. The van der Waals surface area contributed by atoms with Gasteiger partial charge in [-0.15, -0.1) is 0 Å². The van der Waals surface area contributed by atoms with Gasteiger partial charge in [-0.25, -0.2) is 0 Å². The van der Waals surface area contributed by atoms with Crippen LogP contribution in [0.4, 0.5) is 0 Å². The lowest BCUT2D eigenvalue weighted by Crippen LogP contribution is -2.12. The van der Waals surface area contributed by atoms with E-state index in [0.717, 1.165) is 5.39 Å². The van der Waals surface area contributed by atoms with E-state index >= 15 is 0 Å². The molecule has 0 saturated carbocycles. The van der Waals surface area contributed by atoms with Crippen molar-refractivity contribution in [2.75, 3.05) is 7.11 Å². The molecule has 1 atom stereocenters. The summed E-state index contributed by atoms with van der Waals surface area (Å²) in [7, 11) is 1.29. The summed E-state index contributed by atoms with van der Waals surface area (Å²) in [6.07, 6.45) is 0.685. The van der Waals surface area contributed by atoms with Gasteiger partial charge in [0.25, 0.3) is 0 Å². The number of benzene rings is 1. The Kier molecular flexibility index (Phi) is 5.06. The first-order valence-electron chi connectivity index (χ1n) is 7.96. The molecule has 134 valence electrons. The van der Waals surface area contributed by atoms with Crippen LogP contribution < -0.4 is 0 Å². The van der Waals surface area contributed by atoms with Gasteiger partial charge in [0, 0.05) is 27.7 Å². The number of hydrogen-bond acceptors (Lipinski definition) is 5. The summed E-state index contributed by atoms with van der Waals surface area (Å²) in [5.41, 5.74) is 2.18. The molecule has 2 N–H and O–H groups in total. The molecule has 0 saturated heterocycles. The van der Waals surface area contributed by atoms with Crippen molar-refractivity contribution >= 4 is 34.3 Å². The van der Waals surface area contributed by atoms with Gasteiger partial charge in [0.15, 0.2) is 0 Å². The van der Waals surface area contributed by atoms with E-state index in [9.17, 15) is 14.7 Å². The Balaban J connectivity index is 2.13. The summed E-state index contributed by atoms with van der Waals surface area (Å²) in [4.78, 5) is 32.0. The molecule has 1 unspecified atom stereocenters.